The number of amides is 1. The highest BCUT2D eigenvalue weighted by Gasteiger charge is 2.38. The molecule has 1 fully saturated rings. The molecule has 1 aliphatic rings. The number of rotatable bonds is 3. The lowest BCUT2D eigenvalue weighted by molar-refractivity contribution is -0.144. The fraction of sp³-hybridized carbons (Fsp3) is 0.556. The molecule has 1 aliphatic heterocycles. The quantitative estimate of drug-likeness (QED) is 0.632. The second-order valence-electron chi connectivity index (χ2n) is 4.14. The van der Waals surface area contributed by atoms with Gasteiger partial charge in [-0.1, -0.05) is 6.92 Å². The van der Waals surface area contributed by atoms with Gasteiger partial charge in [-0.25, -0.2) is 0 Å². The van der Waals surface area contributed by atoms with Crippen molar-refractivity contribution in [1.29, 1.82) is 0 Å². The summed E-state index contributed by atoms with van der Waals surface area (Å²) in [4.78, 5) is 27.7. The molecule has 1 atom stereocenters. The van der Waals surface area contributed by atoms with Gasteiger partial charge in [0.1, 0.15) is 0 Å². The summed E-state index contributed by atoms with van der Waals surface area (Å²) >= 11 is 0. The van der Waals surface area contributed by atoms with Crippen molar-refractivity contribution in [3.63, 3.8) is 0 Å². The maximum absolute atomic E-state index is 11.8. The molecular formula is C9H13N5O3. The number of nitrogens with one attached hydrogen (secondary N) is 1. The Morgan fingerprint density at radius 1 is 1.59 bits per heavy atom. The number of anilines is 1. The third kappa shape index (κ3) is 2.05. The number of carbonyl (C=O) groups is 2. The molecule has 0 aromatic carbocycles. The number of H-pyrrole nitrogens is 1. The van der Waals surface area contributed by atoms with Crippen molar-refractivity contribution in [2.75, 3.05) is 18.8 Å². The molecule has 2 heterocycles. The van der Waals surface area contributed by atoms with Gasteiger partial charge in [0.2, 0.25) is 11.8 Å². The Bertz CT molecular complexity index is 451. The van der Waals surface area contributed by atoms with E-state index < -0.39 is 11.9 Å². The molecule has 1 saturated heterocycles. The van der Waals surface area contributed by atoms with E-state index in [0.29, 0.717) is 13.1 Å². The van der Waals surface area contributed by atoms with Crippen molar-refractivity contribution in [3.8, 4) is 0 Å². The first kappa shape index (κ1) is 11.4. The number of carboxylic acid groups (broad SMARTS) is 1. The van der Waals surface area contributed by atoms with E-state index in [4.69, 9.17) is 10.8 Å². The maximum Gasteiger partial charge on any atom is 0.306 e. The zero-order valence-electron chi connectivity index (χ0n) is 9.25. The smallest absolute Gasteiger partial charge is 0.306 e. The molecule has 0 aliphatic carbocycles. The van der Waals surface area contributed by atoms with Gasteiger partial charge in [0.15, 0.2) is 0 Å². The van der Waals surface area contributed by atoms with Crippen molar-refractivity contribution in [3.05, 3.63) is 5.82 Å². The number of likely N-dealkylation sites (tertiary alicyclic amines) is 1. The summed E-state index contributed by atoms with van der Waals surface area (Å²) in [7, 11) is 0. The number of carbonyl (C=O) groups excluding carboxylic acids is 1. The number of aliphatic carboxylic acids is 1. The molecule has 8 nitrogen and oxygen atoms in total. The molecule has 0 spiro atoms. The molecule has 0 radical (unpaired) electrons. The first-order chi connectivity index (χ1) is 7.99. The highest BCUT2D eigenvalue weighted by molar-refractivity contribution is 5.91. The zero-order chi connectivity index (χ0) is 12.6. The molecule has 8 heteroatoms. The lowest BCUT2D eigenvalue weighted by Gasteiger charge is -2.40. The van der Waals surface area contributed by atoms with Crippen LogP contribution in [0.4, 0.5) is 5.95 Å². The summed E-state index contributed by atoms with van der Waals surface area (Å²) in [6.07, 6.45) is 0. The van der Waals surface area contributed by atoms with Crippen LogP contribution in [0.5, 0.6) is 0 Å². The Morgan fingerprint density at radius 3 is 2.71 bits per heavy atom. The summed E-state index contributed by atoms with van der Waals surface area (Å²) in [5.41, 5.74) is 5.29. The number of hydrogen-bond acceptors (Lipinski definition) is 5. The van der Waals surface area contributed by atoms with E-state index in [2.05, 4.69) is 15.2 Å². The third-order valence-corrected chi connectivity index (χ3v) is 3.00. The van der Waals surface area contributed by atoms with Gasteiger partial charge in [0.05, 0.1) is 5.92 Å². The number of nitrogens with two attached hydrogens (primary N) is 1. The molecule has 2 rings (SSSR count). The van der Waals surface area contributed by atoms with Gasteiger partial charge in [-0.15, -0.1) is 5.10 Å². The minimum Gasteiger partial charge on any atom is -0.481 e. The number of nitrogens with zero attached hydrogens (tertiary/aromatic N) is 3. The fourth-order valence-electron chi connectivity index (χ4n) is 1.72. The van der Waals surface area contributed by atoms with Crippen LogP contribution in [0, 0.1) is 11.8 Å². The predicted molar refractivity (Wildman–Crippen MR) is 57.0 cm³/mol. The largest absolute Gasteiger partial charge is 0.481 e. The number of nitrogen functional groups attached to an aromatic ring is 1. The summed E-state index contributed by atoms with van der Waals surface area (Å²) in [5, 5.41) is 14.8. The molecule has 0 saturated carbocycles. The first-order valence-corrected chi connectivity index (χ1v) is 5.19. The van der Waals surface area contributed by atoms with Gasteiger partial charge in [-0.3, -0.25) is 14.7 Å². The third-order valence-electron chi connectivity index (χ3n) is 3.00. The van der Waals surface area contributed by atoms with Crippen LogP contribution >= 0.6 is 0 Å². The van der Waals surface area contributed by atoms with E-state index in [0.717, 1.165) is 0 Å². The summed E-state index contributed by atoms with van der Waals surface area (Å²) in [6, 6.07) is 0. The Kier molecular flexibility index (Phi) is 2.70. The lowest BCUT2D eigenvalue weighted by atomic mass is 9.87. The van der Waals surface area contributed by atoms with Crippen LogP contribution in [-0.4, -0.2) is 50.2 Å². The van der Waals surface area contributed by atoms with Crippen molar-refractivity contribution in [2.45, 2.75) is 6.92 Å². The van der Waals surface area contributed by atoms with Crippen LogP contribution in [0.1, 0.15) is 17.5 Å². The highest BCUT2D eigenvalue weighted by atomic mass is 16.4. The molecule has 1 unspecified atom stereocenters. The Morgan fingerprint density at radius 2 is 2.24 bits per heavy atom. The van der Waals surface area contributed by atoms with Crippen molar-refractivity contribution in [1.82, 2.24) is 20.1 Å². The molecule has 1 aromatic heterocycles. The van der Waals surface area contributed by atoms with Gasteiger partial charge in [0, 0.05) is 19.0 Å². The minimum atomic E-state index is -0.842. The molecule has 1 amide bonds. The summed E-state index contributed by atoms with van der Waals surface area (Å²) in [6.45, 7) is 2.49. The SMILES string of the molecule is CC(C(=O)O)C1CN(C(=O)c2nc(N)n[nH]2)C1. The summed E-state index contributed by atoms with van der Waals surface area (Å²) in [5.74, 6) is -1.49. The zero-order valence-corrected chi connectivity index (χ0v) is 9.25. The van der Waals surface area contributed by atoms with Gasteiger partial charge >= 0.3 is 5.97 Å². The standard InChI is InChI=1S/C9H13N5O3/c1-4(8(16)17)5-2-14(3-5)7(15)6-11-9(10)13-12-6/h4-5H,2-3H2,1H3,(H,16,17)(H3,10,11,12,13). The highest BCUT2D eigenvalue weighted by Crippen LogP contribution is 2.24. The van der Waals surface area contributed by atoms with Crippen molar-refractivity contribution < 1.29 is 14.7 Å². The van der Waals surface area contributed by atoms with Crippen LogP contribution in [-0.2, 0) is 4.79 Å². The van der Waals surface area contributed by atoms with E-state index in [1.54, 1.807) is 6.92 Å². The molecule has 17 heavy (non-hydrogen) atoms. The van der Waals surface area contributed by atoms with Gasteiger partial charge < -0.3 is 15.7 Å². The Balaban J connectivity index is 1.92. The second-order valence-corrected chi connectivity index (χ2v) is 4.14. The van der Waals surface area contributed by atoms with E-state index in [-0.39, 0.29) is 23.6 Å². The topological polar surface area (TPSA) is 125 Å². The molecular weight excluding hydrogens is 226 g/mol. The van der Waals surface area contributed by atoms with Crippen molar-refractivity contribution in [2.24, 2.45) is 11.8 Å². The number of aromatic amines is 1. The Hall–Kier alpha value is -2.12. The fourth-order valence-corrected chi connectivity index (χ4v) is 1.72. The monoisotopic (exact) mass is 239 g/mol. The van der Waals surface area contributed by atoms with Crippen LogP contribution in [0.3, 0.4) is 0 Å². The normalized spacial score (nSPS) is 17.6. The van der Waals surface area contributed by atoms with E-state index in [9.17, 15) is 9.59 Å². The van der Waals surface area contributed by atoms with E-state index in [1.165, 1.54) is 4.90 Å². The summed E-state index contributed by atoms with van der Waals surface area (Å²) < 4.78 is 0. The van der Waals surface area contributed by atoms with Crippen LogP contribution in [0.25, 0.3) is 0 Å². The van der Waals surface area contributed by atoms with Crippen LogP contribution < -0.4 is 5.73 Å². The van der Waals surface area contributed by atoms with E-state index in [1.807, 2.05) is 0 Å². The van der Waals surface area contributed by atoms with E-state index >= 15 is 0 Å². The Labute approximate surface area is 96.8 Å². The van der Waals surface area contributed by atoms with Gasteiger partial charge in [0.25, 0.3) is 5.91 Å². The predicted octanol–water partition coefficient (Wildman–Crippen LogP) is -0.820. The number of aromatic nitrogens is 3. The lowest BCUT2D eigenvalue weighted by Crippen LogP contribution is -2.53. The molecule has 0 bridgehead atoms. The molecule has 1 aromatic rings. The molecule has 92 valence electrons. The van der Waals surface area contributed by atoms with Crippen LogP contribution in [0.15, 0.2) is 0 Å². The number of hydrogen-bond donors (Lipinski definition) is 3. The maximum atomic E-state index is 11.8. The average molecular weight is 239 g/mol. The first-order valence-electron chi connectivity index (χ1n) is 5.19. The van der Waals surface area contributed by atoms with Gasteiger partial charge in [-0.05, 0) is 0 Å². The van der Waals surface area contributed by atoms with Gasteiger partial charge in [-0.2, -0.15) is 4.98 Å². The minimum absolute atomic E-state index is 0.00304. The van der Waals surface area contributed by atoms with Crippen molar-refractivity contribution >= 4 is 17.8 Å². The second kappa shape index (κ2) is 4.04. The van der Waals surface area contributed by atoms with Crippen LogP contribution in [0.2, 0.25) is 0 Å². The molecule has 4 N–H and O–H groups in total. The average Bonchev–Trinajstić information content (AvgIpc) is 2.62. The number of carboxylic acids is 1.